The van der Waals surface area contributed by atoms with Gasteiger partial charge in [0.05, 0.1) is 12.2 Å². The molecule has 0 saturated carbocycles. The smallest absolute Gasteiger partial charge is 0.461 e. The molecule has 1 amide bonds. The number of anilines is 2. The Bertz CT molecular complexity index is 1200. The van der Waals surface area contributed by atoms with Gasteiger partial charge in [0.25, 0.3) is 5.91 Å². The van der Waals surface area contributed by atoms with Crippen molar-refractivity contribution in [2.75, 3.05) is 17.2 Å². The monoisotopic (exact) mass is 455 g/mol. The molecule has 2 N–H and O–H groups in total. The number of carbonyl (C=O) groups is 2. The second-order valence-corrected chi connectivity index (χ2v) is 6.95. The quantitative estimate of drug-likeness (QED) is 0.508. The number of amides is 1. The van der Waals surface area contributed by atoms with Crippen LogP contribution in [0.25, 0.3) is 0 Å². The van der Waals surface area contributed by atoms with Crippen molar-refractivity contribution in [2.24, 2.45) is 0 Å². The number of rotatable bonds is 7. The Labute approximate surface area is 187 Å². The van der Waals surface area contributed by atoms with E-state index in [4.69, 9.17) is 4.74 Å². The zero-order valence-corrected chi connectivity index (χ0v) is 17.4. The van der Waals surface area contributed by atoms with Gasteiger partial charge in [-0.05, 0) is 48.9 Å². The highest BCUT2D eigenvalue weighted by molar-refractivity contribution is 6.08. The van der Waals surface area contributed by atoms with Crippen molar-refractivity contribution in [3.05, 3.63) is 77.6 Å². The summed E-state index contributed by atoms with van der Waals surface area (Å²) in [7, 11) is 0. The number of hydrogen-bond donors (Lipinski definition) is 2. The van der Waals surface area contributed by atoms with Crippen LogP contribution in [0.5, 0.6) is 11.5 Å². The van der Waals surface area contributed by atoms with Gasteiger partial charge in [-0.3, -0.25) is 4.79 Å². The highest BCUT2D eigenvalue weighted by Crippen LogP contribution is 2.42. The Balaban J connectivity index is 1.45. The van der Waals surface area contributed by atoms with Gasteiger partial charge in [0, 0.05) is 30.2 Å². The fraction of sp³-hybridized carbons (Fsp3) is 0.174. The molecular formula is C23H19F2N3O5. The second kappa shape index (κ2) is 9.11. The summed E-state index contributed by atoms with van der Waals surface area (Å²) in [5, 5.41) is 5.82. The zero-order chi connectivity index (χ0) is 23.4. The average Bonchev–Trinajstić information content (AvgIpc) is 3.11. The normalized spacial score (nSPS) is 13.3. The van der Waals surface area contributed by atoms with Crippen molar-refractivity contribution >= 4 is 23.3 Å². The van der Waals surface area contributed by atoms with Gasteiger partial charge in [-0.25, -0.2) is 9.78 Å². The molecule has 4 rings (SSSR count). The van der Waals surface area contributed by atoms with Crippen molar-refractivity contribution in [1.29, 1.82) is 0 Å². The van der Waals surface area contributed by atoms with E-state index in [-0.39, 0.29) is 29.5 Å². The summed E-state index contributed by atoms with van der Waals surface area (Å²) in [5.41, 5.74) is 2.09. The molecule has 1 aliphatic rings. The maximum absolute atomic E-state index is 13.2. The lowest BCUT2D eigenvalue weighted by molar-refractivity contribution is -0.286. The number of alkyl halides is 2. The Hall–Kier alpha value is -4.21. The molecule has 2 heterocycles. The summed E-state index contributed by atoms with van der Waals surface area (Å²) < 4.78 is 40.2. The molecule has 3 aromatic rings. The van der Waals surface area contributed by atoms with E-state index in [2.05, 4.69) is 25.1 Å². The van der Waals surface area contributed by atoms with E-state index >= 15 is 0 Å². The molecule has 8 nitrogen and oxygen atoms in total. The minimum Gasteiger partial charge on any atom is -0.461 e. The van der Waals surface area contributed by atoms with Crippen molar-refractivity contribution in [3.8, 4) is 11.5 Å². The van der Waals surface area contributed by atoms with Crippen LogP contribution in [-0.4, -0.2) is 29.8 Å². The minimum absolute atomic E-state index is 0.111. The summed E-state index contributed by atoms with van der Waals surface area (Å²) in [6, 6.07) is 14.1. The molecule has 0 radical (unpaired) electrons. The standard InChI is InChI=1S/C23H19F2N3O5/c1-2-31-22(30)18-11-14(9-10-26-18)13-27-17-6-4-3-5-16(17)21(29)28-15-7-8-19-20(12-15)33-23(24,25)32-19/h3-12,27H,2,13H2,1H3,(H,28,29). The van der Waals surface area contributed by atoms with Crippen LogP contribution in [0, 0.1) is 0 Å². The first-order valence-corrected chi connectivity index (χ1v) is 10.0. The van der Waals surface area contributed by atoms with Gasteiger partial charge in [0.15, 0.2) is 11.5 Å². The third kappa shape index (κ3) is 5.17. The van der Waals surface area contributed by atoms with E-state index in [0.29, 0.717) is 17.8 Å². The molecule has 0 aliphatic carbocycles. The van der Waals surface area contributed by atoms with Crippen LogP contribution >= 0.6 is 0 Å². The zero-order valence-electron chi connectivity index (χ0n) is 17.4. The number of carbonyl (C=O) groups excluding carboxylic acids is 2. The van der Waals surface area contributed by atoms with E-state index < -0.39 is 18.2 Å². The molecule has 2 aromatic carbocycles. The summed E-state index contributed by atoms with van der Waals surface area (Å²) in [5.74, 6) is -1.25. The number of para-hydroxylation sites is 1. The van der Waals surface area contributed by atoms with Gasteiger partial charge in [0.2, 0.25) is 0 Å². The maximum Gasteiger partial charge on any atom is 0.586 e. The van der Waals surface area contributed by atoms with Crippen LogP contribution in [0.3, 0.4) is 0 Å². The molecule has 1 aliphatic heterocycles. The topological polar surface area (TPSA) is 98.8 Å². The van der Waals surface area contributed by atoms with Crippen molar-refractivity contribution in [1.82, 2.24) is 4.98 Å². The number of fused-ring (bicyclic) bond motifs is 1. The van der Waals surface area contributed by atoms with Crippen molar-refractivity contribution < 1.29 is 32.6 Å². The Morgan fingerprint density at radius 1 is 1.06 bits per heavy atom. The van der Waals surface area contributed by atoms with E-state index in [1.54, 1.807) is 43.3 Å². The molecule has 10 heteroatoms. The number of benzene rings is 2. The number of nitrogens with zero attached hydrogens (tertiary/aromatic N) is 1. The van der Waals surface area contributed by atoms with E-state index in [1.165, 1.54) is 24.4 Å². The molecule has 0 fully saturated rings. The Morgan fingerprint density at radius 3 is 2.67 bits per heavy atom. The fourth-order valence-electron chi connectivity index (χ4n) is 3.16. The first-order chi connectivity index (χ1) is 15.8. The maximum atomic E-state index is 13.2. The Morgan fingerprint density at radius 2 is 1.85 bits per heavy atom. The van der Waals surface area contributed by atoms with Gasteiger partial charge in [-0.2, -0.15) is 0 Å². The van der Waals surface area contributed by atoms with E-state index in [9.17, 15) is 18.4 Å². The predicted octanol–water partition coefficient (Wildman–Crippen LogP) is 4.44. The van der Waals surface area contributed by atoms with Crippen molar-refractivity contribution in [2.45, 2.75) is 19.8 Å². The van der Waals surface area contributed by atoms with Crippen LogP contribution in [0.15, 0.2) is 60.8 Å². The van der Waals surface area contributed by atoms with Crippen LogP contribution in [0.4, 0.5) is 20.2 Å². The fourth-order valence-corrected chi connectivity index (χ4v) is 3.16. The summed E-state index contributed by atoms with van der Waals surface area (Å²) in [6.07, 6.45) is -2.23. The number of pyridine rings is 1. The van der Waals surface area contributed by atoms with E-state index in [1.807, 2.05) is 0 Å². The largest absolute Gasteiger partial charge is 0.586 e. The average molecular weight is 455 g/mol. The first kappa shape index (κ1) is 22.0. The van der Waals surface area contributed by atoms with Crippen LogP contribution in [-0.2, 0) is 11.3 Å². The van der Waals surface area contributed by atoms with Crippen LogP contribution in [0.1, 0.15) is 33.3 Å². The van der Waals surface area contributed by atoms with Crippen molar-refractivity contribution in [3.63, 3.8) is 0 Å². The molecule has 170 valence electrons. The second-order valence-electron chi connectivity index (χ2n) is 6.95. The predicted molar refractivity (Wildman–Crippen MR) is 115 cm³/mol. The molecule has 0 unspecified atom stereocenters. The van der Waals surface area contributed by atoms with Crippen LogP contribution in [0.2, 0.25) is 0 Å². The molecular weight excluding hydrogens is 436 g/mol. The number of nitrogens with one attached hydrogen (secondary N) is 2. The summed E-state index contributed by atoms with van der Waals surface area (Å²) in [4.78, 5) is 28.7. The van der Waals surface area contributed by atoms with Gasteiger partial charge in [0.1, 0.15) is 5.69 Å². The highest BCUT2D eigenvalue weighted by Gasteiger charge is 2.43. The SMILES string of the molecule is CCOC(=O)c1cc(CNc2ccccc2C(=O)Nc2ccc3c(c2)OC(F)(F)O3)ccn1. The molecule has 0 spiro atoms. The van der Waals surface area contributed by atoms with Gasteiger partial charge < -0.3 is 24.8 Å². The lowest BCUT2D eigenvalue weighted by atomic mass is 10.1. The van der Waals surface area contributed by atoms with Crippen LogP contribution < -0.4 is 20.1 Å². The number of esters is 1. The minimum atomic E-state index is -3.73. The molecule has 0 bridgehead atoms. The third-order valence-corrected chi connectivity index (χ3v) is 4.62. The lowest BCUT2D eigenvalue weighted by Crippen LogP contribution is -2.25. The summed E-state index contributed by atoms with van der Waals surface area (Å²) >= 11 is 0. The molecule has 0 atom stereocenters. The van der Waals surface area contributed by atoms with Gasteiger partial charge in [-0.1, -0.05) is 12.1 Å². The molecule has 1 aromatic heterocycles. The number of aromatic nitrogens is 1. The number of hydrogen-bond acceptors (Lipinski definition) is 7. The number of halogens is 2. The number of ether oxygens (including phenoxy) is 3. The van der Waals surface area contributed by atoms with E-state index in [0.717, 1.165) is 5.56 Å². The third-order valence-electron chi connectivity index (χ3n) is 4.62. The Kier molecular flexibility index (Phi) is 6.07. The molecule has 33 heavy (non-hydrogen) atoms. The van der Waals surface area contributed by atoms with Gasteiger partial charge >= 0.3 is 12.3 Å². The van der Waals surface area contributed by atoms with Gasteiger partial charge in [-0.15, -0.1) is 8.78 Å². The highest BCUT2D eigenvalue weighted by atomic mass is 19.3. The lowest BCUT2D eigenvalue weighted by Gasteiger charge is -2.13. The molecule has 0 saturated heterocycles. The summed E-state index contributed by atoms with van der Waals surface area (Å²) in [6.45, 7) is 2.28. The first-order valence-electron chi connectivity index (χ1n) is 10.0.